The lowest BCUT2D eigenvalue weighted by molar-refractivity contribution is 0.642. The van der Waals surface area contributed by atoms with Gasteiger partial charge in [-0.1, -0.05) is 75.1 Å². The fraction of sp³-hybridized carbons (Fsp3) is 0.250. The van der Waals surface area contributed by atoms with Crippen molar-refractivity contribution >= 4 is 5.71 Å². The smallest absolute Gasteiger partial charge is 0.116 e. The molecule has 0 aromatic heterocycles. The standard InChI is InChI=1S/C18H20N2.C2H6/c1-4-6-10-15(5-2)17-13-18(20-14(3)19-17)16-11-8-7-9-12-16;1-2/h4-14,19H,1H2,2-3H3;1-2H3/b10-6-,15-5+;. The molecule has 1 heterocycles. The maximum atomic E-state index is 4.66. The monoisotopic (exact) mass is 294 g/mol. The summed E-state index contributed by atoms with van der Waals surface area (Å²) in [6.07, 6.45) is 10.0. The second-order valence-corrected chi connectivity index (χ2v) is 4.60. The van der Waals surface area contributed by atoms with Gasteiger partial charge in [0.25, 0.3) is 0 Å². The normalized spacial score (nSPS) is 17.8. The first-order valence-electron chi connectivity index (χ1n) is 7.82. The Morgan fingerprint density at radius 1 is 1.23 bits per heavy atom. The van der Waals surface area contributed by atoms with E-state index in [4.69, 9.17) is 0 Å². The zero-order chi connectivity index (χ0) is 16.4. The van der Waals surface area contributed by atoms with E-state index >= 15 is 0 Å². The number of aliphatic imine (C=N–C) groups is 1. The van der Waals surface area contributed by atoms with Gasteiger partial charge in [0.1, 0.15) is 6.17 Å². The van der Waals surface area contributed by atoms with Crippen molar-refractivity contribution in [3.05, 3.63) is 84.1 Å². The topological polar surface area (TPSA) is 24.4 Å². The van der Waals surface area contributed by atoms with Crippen molar-refractivity contribution in [1.29, 1.82) is 0 Å². The fourth-order valence-corrected chi connectivity index (χ4v) is 2.13. The van der Waals surface area contributed by atoms with Crippen LogP contribution in [0.5, 0.6) is 0 Å². The maximum absolute atomic E-state index is 4.66. The van der Waals surface area contributed by atoms with Crippen LogP contribution in [-0.4, -0.2) is 11.9 Å². The molecule has 1 unspecified atom stereocenters. The Balaban J connectivity index is 0.00000116. The highest BCUT2D eigenvalue weighted by Gasteiger charge is 2.14. The predicted molar refractivity (Wildman–Crippen MR) is 98.1 cm³/mol. The lowest BCUT2D eigenvalue weighted by Crippen LogP contribution is -2.30. The van der Waals surface area contributed by atoms with Gasteiger partial charge >= 0.3 is 0 Å². The first-order valence-corrected chi connectivity index (χ1v) is 7.82. The van der Waals surface area contributed by atoms with Crippen molar-refractivity contribution in [2.24, 2.45) is 4.99 Å². The number of allylic oxidation sites excluding steroid dienone is 5. The van der Waals surface area contributed by atoms with E-state index in [2.05, 4.69) is 48.1 Å². The molecule has 116 valence electrons. The van der Waals surface area contributed by atoms with Crippen LogP contribution < -0.4 is 5.32 Å². The summed E-state index contributed by atoms with van der Waals surface area (Å²) < 4.78 is 0. The van der Waals surface area contributed by atoms with Crippen LogP contribution in [0.4, 0.5) is 0 Å². The summed E-state index contributed by atoms with van der Waals surface area (Å²) >= 11 is 0. The van der Waals surface area contributed by atoms with E-state index in [0.717, 1.165) is 22.5 Å². The van der Waals surface area contributed by atoms with E-state index < -0.39 is 0 Å². The molecule has 0 bridgehead atoms. The van der Waals surface area contributed by atoms with Gasteiger partial charge in [-0.05, 0) is 31.1 Å². The quantitative estimate of drug-likeness (QED) is 0.774. The van der Waals surface area contributed by atoms with Gasteiger partial charge in [-0.25, -0.2) is 0 Å². The van der Waals surface area contributed by atoms with Crippen LogP contribution in [0.1, 0.15) is 33.3 Å². The molecule has 1 aliphatic rings. The number of rotatable bonds is 4. The Morgan fingerprint density at radius 3 is 2.50 bits per heavy atom. The van der Waals surface area contributed by atoms with E-state index in [9.17, 15) is 0 Å². The molecule has 2 rings (SSSR count). The minimum atomic E-state index is 0.0669. The molecule has 1 aromatic carbocycles. The molecule has 1 N–H and O–H groups in total. The average Bonchev–Trinajstić information content (AvgIpc) is 2.58. The summed E-state index contributed by atoms with van der Waals surface area (Å²) in [5.74, 6) is 0. The van der Waals surface area contributed by atoms with Gasteiger partial charge in [0, 0.05) is 5.70 Å². The highest BCUT2D eigenvalue weighted by atomic mass is 15.1. The van der Waals surface area contributed by atoms with Crippen molar-refractivity contribution in [2.45, 2.75) is 33.9 Å². The van der Waals surface area contributed by atoms with Gasteiger partial charge < -0.3 is 5.32 Å². The van der Waals surface area contributed by atoms with Crippen LogP contribution in [0, 0.1) is 0 Å². The van der Waals surface area contributed by atoms with E-state index in [0.29, 0.717) is 0 Å². The second kappa shape index (κ2) is 9.56. The molecule has 0 saturated heterocycles. The van der Waals surface area contributed by atoms with Crippen LogP contribution in [0.3, 0.4) is 0 Å². The zero-order valence-corrected chi connectivity index (χ0v) is 14.0. The Kier molecular flexibility index (Phi) is 7.69. The molecule has 22 heavy (non-hydrogen) atoms. The molecule has 1 atom stereocenters. The third-order valence-electron chi connectivity index (χ3n) is 3.08. The molecular formula is C20H26N2. The second-order valence-electron chi connectivity index (χ2n) is 4.60. The molecule has 0 saturated carbocycles. The predicted octanol–water partition coefficient (Wildman–Crippen LogP) is 5.02. The molecule has 0 fully saturated rings. The van der Waals surface area contributed by atoms with Crippen molar-refractivity contribution in [1.82, 2.24) is 5.32 Å². The van der Waals surface area contributed by atoms with Crippen LogP contribution in [0.25, 0.3) is 0 Å². The number of hydrogen-bond donors (Lipinski definition) is 1. The summed E-state index contributed by atoms with van der Waals surface area (Å²) in [6.45, 7) is 11.8. The fourth-order valence-electron chi connectivity index (χ4n) is 2.13. The number of nitrogens with zero attached hydrogens (tertiary/aromatic N) is 1. The molecule has 0 aliphatic carbocycles. The third-order valence-corrected chi connectivity index (χ3v) is 3.08. The molecule has 0 radical (unpaired) electrons. The zero-order valence-electron chi connectivity index (χ0n) is 14.0. The van der Waals surface area contributed by atoms with Crippen LogP contribution in [-0.2, 0) is 0 Å². The van der Waals surface area contributed by atoms with Crippen LogP contribution in [0.2, 0.25) is 0 Å². The number of hydrogen-bond acceptors (Lipinski definition) is 2. The minimum absolute atomic E-state index is 0.0669. The Bertz CT molecular complexity index is 589. The van der Waals surface area contributed by atoms with Crippen LogP contribution in [0.15, 0.2) is 83.6 Å². The van der Waals surface area contributed by atoms with Gasteiger partial charge in [0.05, 0.1) is 5.71 Å². The Labute approximate surface area is 134 Å². The lowest BCUT2D eigenvalue weighted by Gasteiger charge is -2.22. The van der Waals surface area contributed by atoms with Crippen molar-refractivity contribution in [3.8, 4) is 0 Å². The van der Waals surface area contributed by atoms with Gasteiger partial charge in [-0.2, -0.15) is 0 Å². The van der Waals surface area contributed by atoms with Gasteiger partial charge in [-0.15, -0.1) is 0 Å². The minimum Gasteiger partial charge on any atom is -0.363 e. The van der Waals surface area contributed by atoms with E-state index in [1.54, 1.807) is 6.08 Å². The van der Waals surface area contributed by atoms with E-state index in [1.165, 1.54) is 0 Å². The van der Waals surface area contributed by atoms with Gasteiger partial charge in [0.2, 0.25) is 0 Å². The number of benzene rings is 1. The molecule has 0 spiro atoms. The summed E-state index contributed by atoms with van der Waals surface area (Å²) in [5.41, 5.74) is 4.38. The van der Waals surface area contributed by atoms with E-state index in [1.807, 2.05) is 51.1 Å². The molecule has 2 heteroatoms. The van der Waals surface area contributed by atoms with Crippen molar-refractivity contribution in [3.63, 3.8) is 0 Å². The maximum Gasteiger partial charge on any atom is 0.116 e. The molecular weight excluding hydrogens is 268 g/mol. The van der Waals surface area contributed by atoms with Gasteiger partial charge in [-0.3, -0.25) is 4.99 Å². The third kappa shape index (κ3) is 4.88. The summed E-state index contributed by atoms with van der Waals surface area (Å²) in [7, 11) is 0. The first-order chi connectivity index (χ1) is 10.7. The first kappa shape index (κ1) is 17.7. The Morgan fingerprint density at radius 2 is 1.91 bits per heavy atom. The number of nitrogens with one attached hydrogen (secondary N) is 1. The average molecular weight is 294 g/mol. The molecule has 2 nitrogen and oxygen atoms in total. The molecule has 1 aliphatic heterocycles. The largest absolute Gasteiger partial charge is 0.363 e. The summed E-state index contributed by atoms with van der Waals surface area (Å²) in [5, 5.41) is 3.40. The highest BCUT2D eigenvalue weighted by molar-refractivity contribution is 6.09. The Hall–Kier alpha value is -2.35. The summed E-state index contributed by atoms with van der Waals surface area (Å²) in [4.78, 5) is 4.66. The summed E-state index contributed by atoms with van der Waals surface area (Å²) in [6, 6.07) is 10.3. The van der Waals surface area contributed by atoms with E-state index in [-0.39, 0.29) is 6.17 Å². The molecule has 0 amide bonds. The van der Waals surface area contributed by atoms with Gasteiger partial charge in [0.15, 0.2) is 0 Å². The van der Waals surface area contributed by atoms with Crippen LogP contribution >= 0.6 is 0 Å². The SMILES string of the molecule is C=C/C=C\C(=C/C)C1=CC(c2ccccc2)=NC(C)N1.CC. The lowest BCUT2D eigenvalue weighted by atomic mass is 10.0. The van der Waals surface area contributed by atoms with Crippen molar-refractivity contribution in [2.75, 3.05) is 0 Å². The molecule has 1 aromatic rings. The highest BCUT2D eigenvalue weighted by Crippen LogP contribution is 2.17. The van der Waals surface area contributed by atoms with Crippen molar-refractivity contribution < 1.29 is 0 Å².